The summed E-state index contributed by atoms with van der Waals surface area (Å²) in [5.41, 5.74) is 0. The van der Waals surface area contributed by atoms with Crippen LogP contribution in [0, 0.1) is 0 Å². The van der Waals surface area contributed by atoms with E-state index in [0.717, 1.165) is 0 Å². The van der Waals surface area contributed by atoms with E-state index in [0.29, 0.717) is 15.8 Å². The van der Waals surface area contributed by atoms with Crippen molar-refractivity contribution in [2.75, 3.05) is 13.1 Å². The molecule has 0 saturated carbocycles. The van der Waals surface area contributed by atoms with E-state index >= 15 is 0 Å². The fourth-order valence-corrected chi connectivity index (χ4v) is 2.46. The van der Waals surface area contributed by atoms with Gasteiger partial charge in [0.1, 0.15) is 0 Å². The fourth-order valence-electron chi connectivity index (χ4n) is 1.45. The van der Waals surface area contributed by atoms with Crippen molar-refractivity contribution in [1.29, 1.82) is 0 Å². The third-order valence-electron chi connectivity index (χ3n) is 2.24. The number of nitrogens with zero attached hydrogens (tertiary/aromatic N) is 1. The van der Waals surface area contributed by atoms with Crippen molar-refractivity contribution >= 4 is 34.8 Å². The molecular weight excluding hydrogens is 272 g/mol. The summed E-state index contributed by atoms with van der Waals surface area (Å²) in [6, 6.07) is 3.43. The van der Waals surface area contributed by atoms with Gasteiger partial charge in [0.15, 0.2) is 0 Å². The third-order valence-corrected chi connectivity index (χ3v) is 3.46. The van der Waals surface area contributed by atoms with E-state index in [1.165, 1.54) is 16.2 Å². The van der Waals surface area contributed by atoms with E-state index in [-0.39, 0.29) is 24.4 Å². The lowest BCUT2D eigenvalue weighted by Gasteiger charge is -2.20. The Kier molecular flexibility index (Phi) is 5.62. The predicted octanol–water partition coefficient (Wildman–Crippen LogP) is 2.39. The Balaban J connectivity index is 2.66. The van der Waals surface area contributed by atoms with Gasteiger partial charge in [-0.15, -0.1) is 11.3 Å². The van der Waals surface area contributed by atoms with Crippen molar-refractivity contribution in [3.05, 3.63) is 21.3 Å². The summed E-state index contributed by atoms with van der Waals surface area (Å²) in [4.78, 5) is 25.8. The molecule has 0 radical (unpaired) electrons. The van der Waals surface area contributed by atoms with E-state index in [1.807, 2.05) is 20.8 Å². The molecule has 1 heterocycles. The van der Waals surface area contributed by atoms with Gasteiger partial charge in [-0.3, -0.25) is 9.59 Å². The second-order valence-electron chi connectivity index (χ2n) is 4.15. The zero-order valence-electron chi connectivity index (χ0n) is 10.7. The van der Waals surface area contributed by atoms with Crippen molar-refractivity contribution < 1.29 is 9.59 Å². The van der Waals surface area contributed by atoms with Crippen molar-refractivity contribution in [3.63, 3.8) is 0 Å². The van der Waals surface area contributed by atoms with Crippen LogP contribution in [-0.2, 0) is 4.79 Å². The molecule has 1 aromatic heterocycles. The second-order valence-corrected chi connectivity index (χ2v) is 5.86. The predicted molar refractivity (Wildman–Crippen MR) is 74.2 cm³/mol. The average molecular weight is 289 g/mol. The molecule has 1 N–H and O–H groups in total. The summed E-state index contributed by atoms with van der Waals surface area (Å²) in [5.74, 6) is -0.309. The molecule has 100 valence electrons. The van der Waals surface area contributed by atoms with Crippen LogP contribution in [-0.4, -0.2) is 35.8 Å². The topological polar surface area (TPSA) is 49.4 Å². The molecule has 0 bridgehead atoms. The number of carbonyl (C=O) groups excluding carboxylic acids is 2. The number of carbonyl (C=O) groups is 2. The van der Waals surface area contributed by atoms with Gasteiger partial charge in [0.2, 0.25) is 5.91 Å². The maximum absolute atomic E-state index is 12.1. The Hall–Kier alpha value is -1.07. The highest BCUT2D eigenvalue weighted by Gasteiger charge is 2.19. The van der Waals surface area contributed by atoms with E-state index in [2.05, 4.69) is 5.32 Å². The lowest BCUT2D eigenvalue weighted by molar-refractivity contribution is -0.122. The molecule has 1 rings (SSSR count). The third kappa shape index (κ3) is 4.31. The van der Waals surface area contributed by atoms with Crippen molar-refractivity contribution in [1.82, 2.24) is 10.2 Å². The van der Waals surface area contributed by atoms with Gasteiger partial charge in [-0.05, 0) is 32.9 Å². The molecule has 2 amide bonds. The minimum Gasteiger partial charge on any atom is -0.352 e. The second kappa shape index (κ2) is 6.75. The Morgan fingerprint density at radius 3 is 2.56 bits per heavy atom. The average Bonchev–Trinajstić information content (AvgIpc) is 2.70. The van der Waals surface area contributed by atoms with Crippen LogP contribution in [0.4, 0.5) is 0 Å². The van der Waals surface area contributed by atoms with Gasteiger partial charge in [-0.1, -0.05) is 11.6 Å². The first kappa shape index (κ1) is 15.0. The Morgan fingerprint density at radius 2 is 2.11 bits per heavy atom. The Labute approximate surface area is 116 Å². The number of hydrogen-bond acceptors (Lipinski definition) is 3. The van der Waals surface area contributed by atoms with Crippen LogP contribution in [0.3, 0.4) is 0 Å². The van der Waals surface area contributed by atoms with Crippen molar-refractivity contribution in [2.24, 2.45) is 0 Å². The smallest absolute Gasteiger partial charge is 0.264 e. The number of nitrogens with one attached hydrogen (secondary N) is 1. The van der Waals surface area contributed by atoms with Gasteiger partial charge < -0.3 is 10.2 Å². The first-order valence-electron chi connectivity index (χ1n) is 5.78. The maximum atomic E-state index is 12.1. The standard InChI is InChI=1S/C12H17ClN2O2S/c1-4-15(7-11(16)14-8(2)3)12(17)9-5-6-10(13)18-9/h5-6,8H,4,7H2,1-3H3,(H,14,16). The fraction of sp³-hybridized carbons (Fsp3) is 0.500. The summed E-state index contributed by atoms with van der Waals surface area (Å²) < 4.78 is 0.570. The van der Waals surface area contributed by atoms with Crippen LogP contribution < -0.4 is 5.32 Å². The highest BCUT2D eigenvalue weighted by molar-refractivity contribution is 7.17. The zero-order valence-corrected chi connectivity index (χ0v) is 12.3. The first-order valence-corrected chi connectivity index (χ1v) is 6.97. The van der Waals surface area contributed by atoms with Gasteiger partial charge in [0, 0.05) is 12.6 Å². The molecule has 0 fully saturated rings. The number of thiophene rings is 1. The monoisotopic (exact) mass is 288 g/mol. The molecule has 0 aliphatic heterocycles. The van der Waals surface area contributed by atoms with Crippen LogP contribution in [0.5, 0.6) is 0 Å². The molecular formula is C12H17ClN2O2S. The highest BCUT2D eigenvalue weighted by Crippen LogP contribution is 2.22. The number of rotatable bonds is 5. The first-order chi connectivity index (χ1) is 8.43. The van der Waals surface area contributed by atoms with E-state index in [1.54, 1.807) is 12.1 Å². The number of halogens is 1. The number of likely N-dealkylation sites (N-methyl/N-ethyl adjacent to an activating group) is 1. The van der Waals surface area contributed by atoms with Crippen LogP contribution in [0.2, 0.25) is 4.34 Å². The molecule has 0 aliphatic rings. The molecule has 18 heavy (non-hydrogen) atoms. The Bertz CT molecular complexity index is 431. The van der Waals surface area contributed by atoms with Crippen LogP contribution in [0.15, 0.2) is 12.1 Å². The molecule has 0 aromatic carbocycles. The van der Waals surface area contributed by atoms with Crippen molar-refractivity contribution in [2.45, 2.75) is 26.8 Å². The quantitative estimate of drug-likeness (QED) is 0.904. The molecule has 6 heteroatoms. The minimum atomic E-state index is -0.159. The number of amides is 2. The minimum absolute atomic E-state index is 0.0718. The van der Waals surface area contributed by atoms with E-state index in [9.17, 15) is 9.59 Å². The SMILES string of the molecule is CCN(CC(=O)NC(C)C)C(=O)c1ccc(Cl)s1. The Morgan fingerprint density at radius 1 is 1.44 bits per heavy atom. The van der Waals surface area contributed by atoms with Gasteiger partial charge >= 0.3 is 0 Å². The summed E-state index contributed by atoms with van der Waals surface area (Å²) in [7, 11) is 0. The zero-order chi connectivity index (χ0) is 13.7. The van der Waals surface area contributed by atoms with Crippen LogP contribution >= 0.6 is 22.9 Å². The molecule has 1 aromatic rings. The lowest BCUT2D eigenvalue weighted by atomic mass is 10.3. The normalized spacial score (nSPS) is 10.5. The van der Waals surface area contributed by atoms with Crippen LogP contribution in [0.25, 0.3) is 0 Å². The summed E-state index contributed by atoms with van der Waals surface area (Å²) in [6.45, 7) is 6.17. The molecule has 0 aliphatic carbocycles. The van der Waals surface area contributed by atoms with Gasteiger partial charge in [-0.25, -0.2) is 0 Å². The molecule has 4 nitrogen and oxygen atoms in total. The molecule has 0 atom stereocenters. The van der Waals surface area contributed by atoms with Gasteiger partial charge in [-0.2, -0.15) is 0 Å². The van der Waals surface area contributed by atoms with Gasteiger partial charge in [0.25, 0.3) is 5.91 Å². The molecule has 0 spiro atoms. The maximum Gasteiger partial charge on any atom is 0.264 e. The highest BCUT2D eigenvalue weighted by atomic mass is 35.5. The lowest BCUT2D eigenvalue weighted by Crippen LogP contribution is -2.42. The molecule has 0 saturated heterocycles. The van der Waals surface area contributed by atoms with Gasteiger partial charge in [0.05, 0.1) is 15.8 Å². The van der Waals surface area contributed by atoms with E-state index in [4.69, 9.17) is 11.6 Å². The number of hydrogen-bond donors (Lipinski definition) is 1. The largest absolute Gasteiger partial charge is 0.352 e. The van der Waals surface area contributed by atoms with Crippen LogP contribution in [0.1, 0.15) is 30.4 Å². The van der Waals surface area contributed by atoms with Crippen molar-refractivity contribution in [3.8, 4) is 0 Å². The summed E-state index contributed by atoms with van der Waals surface area (Å²) in [5, 5.41) is 2.76. The summed E-state index contributed by atoms with van der Waals surface area (Å²) >= 11 is 7.02. The van der Waals surface area contributed by atoms with E-state index < -0.39 is 0 Å². The molecule has 0 unspecified atom stereocenters. The summed E-state index contributed by atoms with van der Waals surface area (Å²) in [6.07, 6.45) is 0.